The van der Waals surface area contributed by atoms with Gasteiger partial charge in [0.25, 0.3) is 5.91 Å². The van der Waals surface area contributed by atoms with E-state index in [4.69, 9.17) is 5.73 Å². The van der Waals surface area contributed by atoms with E-state index in [2.05, 4.69) is 19.1 Å². The molecule has 0 aliphatic carbocycles. The summed E-state index contributed by atoms with van der Waals surface area (Å²) in [6.07, 6.45) is 1.83. The molecule has 2 aromatic carbocycles. The van der Waals surface area contributed by atoms with Crippen molar-refractivity contribution in [1.82, 2.24) is 4.90 Å². The minimum absolute atomic E-state index is 0.0593. The number of hydrogen-bond donors (Lipinski definition) is 1. The quantitative estimate of drug-likeness (QED) is 0.854. The predicted octanol–water partition coefficient (Wildman–Crippen LogP) is 2.89. The summed E-state index contributed by atoms with van der Waals surface area (Å²) in [5, 5.41) is 0. The highest BCUT2D eigenvalue weighted by atomic mass is 16.2. The summed E-state index contributed by atoms with van der Waals surface area (Å²) in [4.78, 5) is 14.5. The Morgan fingerprint density at radius 1 is 0.955 bits per heavy atom. The van der Waals surface area contributed by atoms with Crippen LogP contribution in [-0.4, -0.2) is 30.4 Å². The highest BCUT2D eigenvalue weighted by Crippen LogP contribution is 2.09. The van der Waals surface area contributed by atoms with Gasteiger partial charge in [0.05, 0.1) is 0 Å². The van der Waals surface area contributed by atoms with E-state index in [1.807, 2.05) is 47.4 Å². The van der Waals surface area contributed by atoms with Crippen LogP contribution in [-0.2, 0) is 12.8 Å². The second kappa shape index (κ2) is 8.35. The second-order valence-electron chi connectivity index (χ2n) is 5.37. The molecule has 0 aliphatic heterocycles. The average molecular weight is 296 g/mol. The third-order valence-electron chi connectivity index (χ3n) is 3.81. The van der Waals surface area contributed by atoms with Crippen LogP contribution in [0, 0.1) is 0 Å². The molecule has 0 heterocycles. The van der Waals surface area contributed by atoms with Crippen LogP contribution < -0.4 is 5.73 Å². The van der Waals surface area contributed by atoms with Crippen molar-refractivity contribution in [3.63, 3.8) is 0 Å². The van der Waals surface area contributed by atoms with Crippen molar-refractivity contribution >= 4 is 5.91 Å². The smallest absolute Gasteiger partial charge is 0.253 e. The molecule has 0 radical (unpaired) electrons. The van der Waals surface area contributed by atoms with Crippen LogP contribution in [0.15, 0.2) is 54.6 Å². The van der Waals surface area contributed by atoms with E-state index in [0.29, 0.717) is 19.6 Å². The summed E-state index contributed by atoms with van der Waals surface area (Å²) in [5.74, 6) is 0.0593. The van der Waals surface area contributed by atoms with Gasteiger partial charge in [-0.05, 0) is 36.1 Å². The van der Waals surface area contributed by atoms with Gasteiger partial charge in [-0.2, -0.15) is 0 Å². The molecule has 0 aromatic heterocycles. The zero-order valence-electron chi connectivity index (χ0n) is 13.2. The van der Waals surface area contributed by atoms with E-state index in [1.165, 1.54) is 11.1 Å². The third kappa shape index (κ3) is 4.43. The molecule has 0 spiro atoms. The summed E-state index contributed by atoms with van der Waals surface area (Å²) in [6, 6.07) is 18.1. The molecule has 0 unspecified atom stereocenters. The standard InChI is InChI=1S/C19H24N2O/c1-2-16-8-10-18(11-9-16)19(22)21(15-13-20)14-12-17-6-4-3-5-7-17/h3-11H,2,12-15,20H2,1H3. The van der Waals surface area contributed by atoms with Gasteiger partial charge in [-0.3, -0.25) is 4.79 Å². The number of carbonyl (C=O) groups is 1. The van der Waals surface area contributed by atoms with Crippen molar-refractivity contribution in [2.75, 3.05) is 19.6 Å². The predicted molar refractivity (Wildman–Crippen MR) is 90.9 cm³/mol. The first kappa shape index (κ1) is 16.2. The van der Waals surface area contributed by atoms with Crippen LogP contribution in [0.1, 0.15) is 28.4 Å². The molecular formula is C19H24N2O. The Labute approximate surface area is 132 Å². The molecule has 22 heavy (non-hydrogen) atoms. The Bertz CT molecular complexity index is 578. The maximum Gasteiger partial charge on any atom is 0.253 e. The monoisotopic (exact) mass is 296 g/mol. The van der Waals surface area contributed by atoms with Crippen molar-refractivity contribution in [3.05, 3.63) is 71.3 Å². The maximum absolute atomic E-state index is 12.6. The lowest BCUT2D eigenvalue weighted by Crippen LogP contribution is -2.36. The van der Waals surface area contributed by atoms with Crippen LogP contribution in [0.2, 0.25) is 0 Å². The molecule has 0 aliphatic rings. The molecule has 1 amide bonds. The molecule has 116 valence electrons. The fourth-order valence-electron chi connectivity index (χ4n) is 2.45. The first-order valence-electron chi connectivity index (χ1n) is 7.86. The van der Waals surface area contributed by atoms with Gasteiger partial charge < -0.3 is 10.6 Å². The van der Waals surface area contributed by atoms with E-state index < -0.39 is 0 Å². The number of nitrogens with two attached hydrogens (primary N) is 1. The molecule has 0 saturated heterocycles. The summed E-state index contributed by atoms with van der Waals surface area (Å²) >= 11 is 0. The van der Waals surface area contributed by atoms with E-state index in [-0.39, 0.29) is 5.91 Å². The molecule has 0 saturated carbocycles. The van der Waals surface area contributed by atoms with Gasteiger partial charge in [-0.15, -0.1) is 0 Å². The summed E-state index contributed by atoms with van der Waals surface area (Å²) in [7, 11) is 0. The van der Waals surface area contributed by atoms with Crippen LogP contribution in [0.3, 0.4) is 0 Å². The molecule has 3 nitrogen and oxygen atoms in total. The molecule has 3 heteroatoms. The number of amides is 1. The summed E-state index contributed by atoms with van der Waals surface area (Å²) < 4.78 is 0. The van der Waals surface area contributed by atoms with Crippen molar-refractivity contribution in [1.29, 1.82) is 0 Å². The number of hydrogen-bond acceptors (Lipinski definition) is 2. The Kier molecular flexibility index (Phi) is 6.16. The van der Waals surface area contributed by atoms with E-state index >= 15 is 0 Å². The fourth-order valence-corrected chi connectivity index (χ4v) is 2.45. The largest absolute Gasteiger partial charge is 0.337 e. The average Bonchev–Trinajstić information content (AvgIpc) is 2.59. The number of benzene rings is 2. The summed E-state index contributed by atoms with van der Waals surface area (Å²) in [6.45, 7) is 3.86. The zero-order chi connectivity index (χ0) is 15.8. The van der Waals surface area contributed by atoms with Gasteiger partial charge in [0.15, 0.2) is 0 Å². The normalized spacial score (nSPS) is 10.5. The Hall–Kier alpha value is -2.13. The zero-order valence-corrected chi connectivity index (χ0v) is 13.2. The highest BCUT2D eigenvalue weighted by Gasteiger charge is 2.14. The van der Waals surface area contributed by atoms with Gasteiger partial charge >= 0.3 is 0 Å². The van der Waals surface area contributed by atoms with Crippen molar-refractivity contribution in [2.24, 2.45) is 5.73 Å². The van der Waals surface area contributed by atoms with E-state index in [9.17, 15) is 4.79 Å². The van der Waals surface area contributed by atoms with Gasteiger partial charge in [0.2, 0.25) is 0 Å². The third-order valence-corrected chi connectivity index (χ3v) is 3.81. The maximum atomic E-state index is 12.6. The lowest BCUT2D eigenvalue weighted by molar-refractivity contribution is 0.0762. The molecule has 0 atom stereocenters. The minimum Gasteiger partial charge on any atom is -0.337 e. The molecule has 2 aromatic rings. The summed E-state index contributed by atoms with van der Waals surface area (Å²) in [5.41, 5.74) is 8.88. The first-order valence-corrected chi connectivity index (χ1v) is 7.86. The Morgan fingerprint density at radius 2 is 1.64 bits per heavy atom. The van der Waals surface area contributed by atoms with E-state index in [0.717, 1.165) is 18.4 Å². The number of aryl methyl sites for hydroxylation is 1. The van der Waals surface area contributed by atoms with Gasteiger partial charge in [0.1, 0.15) is 0 Å². The Balaban J connectivity index is 2.03. The van der Waals surface area contributed by atoms with Crippen molar-refractivity contribution in [2.45, 2.75) is 19.8 Å². The van der Waals surface area contributed by atoms with Gasteiger partial charge in [0, 0.05) is 25.2 Å². The van der Waals surface area contributed by atoms with Crippen molar-refractivity contribution < 1.29 is 4.79 Å². The fraction of sp³-hybridized carbons (Fsp3) is 0.316. The van der Waals surface area contributed by atoms with Crippen LogP contribution in [0.4, 0.5) is 0 Å². The van der Waals surface area contributed by atoms with Crippen molar-refractivity contribution in [3.8, 4) is 0 Å². The highest BCUT2D eigenvalue weighted by molar-refractivity contribution is 5.94. The topological polar surface area (TPSA) is 46.3 Å². The lowest BCUT2D eigenvalue weighted by atomic mass is 10.1. The molecule has 2 rings (SSSR count). The minimum atomic E-state index is 0.0593. The van der Waals surface area contributed by atoms with Crippen LogP contribution in [0.5, 0.6) is 0 Å². The van der Waals surface area contributed by atoms with Crippen LogP contribution >= 0.6 is 0 Å². The number of nitrogens with zero attached hydrogens (tertiary/aromatic N) is 1. The SMILES string of the molecule is CCc1ccc(C(=O)N(CCN)CCc2ccccc2)cc1. The molecule has 2 N–H and O–H groups in total. The Morgan fingerprint density at radius 3 is 2.23 bits per heavy atom. The first-order chi connectivity index (χ1) is 10.7. The number of carbonyl (C=O) groups excluding carboxylic acids is 1. The van der Waals surface area contributed by atoms with Crippen LogP contribution in [0.25, 0.3) is 0 Å². The van der Waals surface area contributed by atoms with Gasteiger partial charge in [-0.1, -0.05) is 49.4 Å². The molecule has 0 bridgehead atoms. The van der Waals surface area contributed by atoms with E-state index in [1.54, 1.807) is 0 Å². The second-order valence-corrected chi connectivity index (χ2v) is 5.37. The molecular weight excluding hydrogens is 272 g/mol. The molecule has 0 fully saturated rings. The lowest BCUT2D eigenvalue weighted by Gasteiger charge is -2.22. The number of rotatable bonds is 7. The van der Waals surface area contributed by atoms with Gasteiger partial charge in [-0.25, -0.2) is 0 Å².